The summed E-state index contributed by atoms with van der Waals surface area (Å²) in [7, 11) is 0. The molecular formula is C17H14N2O3S. The topological polar surface area (TPSA) is 65.2 Å². The molecule has 5 nitrogen and oxygen atoms in total. The van der Waals surface area contributed by atoms with Crippen LogP contribution >= 0.6 is 11.8 Å². The predicted octanol–water partition coefficient (Wildman–Crippen LogP) is 3.82. The van der Waals surface area contributed by atoms with E-state index >= 15 is 0 Å². The smallest absolute Gasteiger partial charge is 0.338 e. The normalized spacial score (nSPS) is 10.5. The largest absolute Gasteiger partial charge is 0.452 e. The molecule has 0 radical (unpaired) electrons. The van der Waals surface area contributed by atoms with Crippen LogP contribution in [0.25, 0.3) is 11.5 Å². The Hall–Kier alpha value is -2.60. The third-order valence-corrected chi connectivity index (χ3v) is 3.88. The molecule has 3 rings (SSSR count). The molecule has 0 aliphatic rings. The summed E-state index contributed by atoms with van der Waals surface area (Å²) in [5.41, 5.74) is 1.32. The first-order valence-electron chi connectivity index (χ1n) is 6.95. The molecule has 3 aromatic rings. The van der Waals surface area contributed by atoms with Crippen LogP contribution in [0.4, 0.5) is 0 Å². The van der Waals surface area contributed by atoms with Crippen molar-refractivity contribution in [3.8, 4) is 11.5 Å². The lowest BCUT2D eigenvalue weighted by Gasteiger charge is -2.02. The number of ether oxygens (including phenoxy) is 1. The molecular weight excluding hydrogens is 312 g/mol. The number of carbonyl (C=O) groups excluding carboxylic acids is 1. The summed E-state index contributed by atoms with van der Waals surface area (Å²) in [6.45, 7) is -0.0526. The second-order valence-electron chi connectivity index (χ2n) is 4.67. The first-order chi connectivity index (χ1) is 11.3. The van der Waals surface area contributed by atoms with Gasteiger partial charge in [0.05, 0.1) is 5.56 Å². The summed E-state index contributed by atoms with van der Waals surface area (Å²) < 4.78 is 10.7. The molecule has 6 heteroatoms. The predicted molar refractivity (Wildman–Crippen MR) is 87.1 cm³/mol. The molecule has 0 saturated carbocycles. The fraction of sp³-hybridized carbons (Fsp3) is 0.118. The Morgan fingerprint density at radius 2 is 1.83 bits per heavy atom. The number of benzene rings is 2. The van der Waals surface area contributed by atoms with Crippen LogP contribution in [0.2, 0.25) is 0 Å². The molecule has 0 fully saturated rings. The molecule has 0 N–H and O–H groups in total. The summed E-state index contributed by atoms with van der Waals surface area (Å²) in [5, 5.41) is 7.84. The van der Waals surface area contributed by atoms with Gasteiger partial charge in [0.15, 0.2) is 6.61 Å². The van der Waals surface area contributed by atoms with Gasteiger partial charge in [-0.15, -0.1) is 22.0 Å². The van der Waals surface area contributed by atoms with Crippen molar-refractivity contribution in [3.05, 3.63) is 66.1 Å². The minimum Gasteiger partial charge on any atom is -0.452 e. The van der Waals surface area contributed by atoms with Crippen molar-refractivity contribution >= 4 is 17.7 Å². The minimum atomic E-state index is -0.419. The molecule has 116 valence electrons. The molecule has 23 heavy (non-hydrogen) atoms. The summed E-state index contributed by atoms with van der Waals surface area (Å²) in [4.78, 5) is 13.1. The van der Waals surface area contributed by atoms with Crippen molar-refractivity contribution in [1.29, 1.82) is 0 Å². The monoisotopic (exact) mass is 326 g/mol. The maximum Gasteiger partial charge on any atom is 0.338 e. The highest BCUT2D eigenvalue weighted by Gasteiger charge is 2.12. The zero-order valence-corrected chi connectivity index (χ0v) is 13.2. The van der Waals surface area contributed by atoms with Crippen molar-refractivity contribution in [1.82, 2.24) is 10.2 Å². The van der Waals surface area contributed by atoms with Gasteiger partial charge in [-0.3, -0.25) is 0 Å². The zero-order valence-electron chi connectivity index (χ0n) is 12.4. The second kappa shape index (κ2) is 7.11. The van der Waals surface area contributed by atoms with Crippen molar-refractivity contribution in [2.24, 2.45) is 0 Å². The van der Waals surface area contributed by atoms with Gasteiger partial charge in [-0.2, -0.15) is 0 Å². The van der Waals surface area contributed by atoms with E-state index in [1.807, 2.05) is 48.7 Å². The summed E-state index contributed by atoms with van der Waals surface area (Å²) in [6, 6.07) is 16.6. The highest BCUT2D eigenvalue weighted by molar-refractivity contribution is 7.98. The highest BCUT2D eigenvalue weighted by Crippen LogP contribution is 2.18. The van der Waals surface area contributed by atoms with Crippen LogP contribution in [0.1, 0.15) is 16.2 Å². The molecule has 0 aliphatic carbocycles. The van der Waals surface area contributed by atoms with E-state index in [9.17, 15) is 4.79 Å². The van der Waals surface area contributed by atoms with Crippen LogP contribution in [0, 0.1) is 0 Å². The third kappa shape index (κ3) is 3.78. The molecule has 0 unspecified atom stereocenters. The average Bonchev–Trinajstić information content (AvgIpc) is 3.09. The lowest BCUT2D eigenvalue weighted by atomic mass is 10.2. The SMILES string of the molecule is CSc1ccc(C(=O)OCc2nnc(-c3ccccc3)o2)cc1. The Bertz CT molecular complexity index is 785. The lowest BCUT2D eigenvalue weighted by Crippen LogP contribution is -2.05. The van der Waals surface area contributed by atoms with Crippen LogP contribution < -0.4 is 0 Å². The van der Waals surface area contributed by atoms with E-state index in [1.165, 1.54) is 0 Å². The Morgan fingerprint density at radius 3 is 2.52 bits per heavy atom. The second-order valence-corrected chi connectivity index (χ2v) is 5.55. The van der Waals surface area contributed by atoms with Crippen LogP contribution in [-0.2, 0) is 11.3 Å². The number of hydrogen-bond acceptors (Lipinski definition) is 6. The van der Waals surface area contributed by atoms with E-state index in [4.69, 9.17) is 9.15 Å². The van der Waals surface area contributed by atoms with E-state index in [0.29, 0.717) is 11.5 Å². The van der Waals surface area contributed by atoms with E-state index < -0.39 is 5.97 Å². The fourth-order valence-corrected chi connectivity index (χ4v) is 2.36. The van der Waals surface area contributed by atoms with Crippen LogP contribution in [0.5, 0.6) is 0 Å². The average molecular weight is 326 g/mol. The van der Waals surface area contributed by atoms with E-state index in [0.717, 1.165) is 10.5 Å². The first kappa shape index (κ1) is 15.3. The van der Waals surface area contributed by atoms with Crippen LogP contribution in [0.15, 0.2) is 63.9 Å². The number of rotatable bonds is 5. The van der Waals surface area contributed by atoms with Gasteiger partial charge in [-0.25, -0.2) is 4.79 Å². The standard InChI is InChI=1S/C17H14N2O3S/c1-23-14-9-7-13(8-10-14)17(20)21-11-15-18-19-16(22-15)12-5-3-2-4-6-12/h2-10H,11H2,1H3. The van der Waals surface area contributed by atoms with Crippen LogP contribution in [-0.4, -0.2) is 22.4 Å². The molecule has 0 bridgehead atoms. The Labute approximate surface area is 137 Å². The minimum absolute atomic E-state index is 0.0526. The molecule has 0 saturated heterocycles. The molecule has 0 aliphatic heterocycles. The number of hydrogen-bond donors (Lipinski definition) is 0. The molecule has 2 aromatic carbocycles. The van der Waals surface area contributed by atoms with Gasteiger partial charge in [0.1, 0.15) is 0 Å². The molecule has 1 heterocycles. The van der Waals surface area contributed by atoms with Gasteiger partial charge in [-0.1, -0.05) is 18.2 Å². The fourth-order valence-electron chi connectivity index (χ4n) is 1.95. The van der Waals surface area contributed by atoms with Crippen molar-refractivity contribution < 1.29 is 13.9 Å². The Balaban J connectivity index is 1.62. The molecule has 0 amide bonds. The van der Waals surface area contributed by atoms with Crippen molar-refractivity contribution in [2.75, 3.05) is 6.26 Å². The van der Waals surface area contributed by atoms with E-state index in [2.05, 4.69) is 10.2 Å². The zero-order chi connectivity index (χ0) is 16.1. The molecule has 0 spiro atoms. The van der Waals surface area contributed by atoms with Crippen molar-refractivity contribution in [3.63, 3.8) is 0 Å². The first-order valence-corrected chi connectivity index (χ1v) is 8.18. The van der Waals surface area contributed by atoms with Crippen molar-refractivity contribution in [2.45, 2.75) is 11.5 Å². The van der Waals surface area contributed by atoms with E-state index in [1.54, 1.807) is 23.9 Å². The number of aromatic nitrogens is 2. The highest BCUT2D eigenvalue weighted by atomic mass is 32.2. The lowest BCUT2D eigenvalue weighted by molar-refractivity contribution is 0.0438. The Morgan fingerprint density at radius 1 is 1.09 bits per heavy atom. The van der Waals surface area contributed by atoms with Gasteiger partial charge in [0.25, 0.3) is 5.89 Å². The van der Waals surface area contributed by atoms with Gasteiger partial charge in [-0.05, 0) is 42.7 Å². The maximum absolute atomic E-state index is 12.0. The number of nitrogens with zero attached hydrogens (tertiary/aromatic N) is 2. The van der Waals surface area contributed by atoms with Crippen LogP contribution in [0.3, 0.4) is 0 Å². The summed E-state index contributed by atoms with van der Waals surface area (Å²) in [6.07, 6.45) is 1.98. The third-order valence-electron chi connectivity index (χ3n) is 3.14. The van der Waals surface area contributed by atoms with E-state index in [-0.39, 0.29) is 12.5 Å². The quantitative estimate of drug-likeness (QED) is 0.524. The van der Waals surface area contributed by atoms with Gasteiger partial charge in [0.2, 0.25) is 5.89 Å². The number of thioether (sulfide) groups is 1. The Kier molecular flexibility index (Phi) is 4.73. The van der Waals surface area contributed by atoms with Gasteiger partial charge < -0.3 is 9.15 Å². The summed E-state index contributed by atoms with van der Waals surface area (Å²) in [5.74, 6) is 0.246. The van der Waals surface area contributed by atoms with Gasteiger partial charge >= 0.3 is 5.97 Å². The number of esters is 1. The maximum atomic E-state index is 12.0. The van der Waals surface area contributed by atoms with Gasteiger partial charge in [0, 0.05) is 10.5 Å². The molecule has 1 aromatic heterocycles. The summed E-state index contributed by atoms with van der Waals surface area (Å²) >= 11 is 1.61. The number of carbonyl (C=O) groups is 1. The molecule has 0 atom stereocenters.